The molecule has 0 aromatic heterocycles. The van der Waals surface area contributed by atoms with E-state index in [4.69, 9.17) is 9.47 Å². The summed E-state index contributed by atoms with van der Waals surface area (Å²) in [5.41, 5.74) is 0.988. The van der Waals surface area contributed by atoms with Gasteiger partial charge in [0.2, 0.25) is 0 Å². The summed E-state index contributed by atoms with van der Waals surface area (Å²) < 4.78 is 9.87. The molecule has 0 saturated carbocycles. The molecule has 3 amide bonds. The summed E-state index contributed by atoms with van der Waals surface area (Å²) in [4.78, 5) is 37.7. The molecule has 0 radical (unpaired) electrons. The van der Waals surface area contributed by atoms with E-state index < -0.39 is 0 Å². The molecular formula is C19H27N3O5. The molecule has 1 heterocycles. The van der Waals surface area contributed by atoms with Gasteiger partial charge in [0, 0.05) is 43.9 Å². The quantitative estimate of drug-likeness (QED) is 0.701. The Balaban J connectivity index is 1.81. The molecule has 1 fully saturated rings. The zero-order valence-corrected chi connectivity index (χ0v) is 15.8. The Morgan fingerprint density at radius 3 is 2.22 bits per heavy atom. The number of benzene rings is 1. The summed E-state index contributed by atoms with van der Waals surface area (Å²) in [6.07, 6.45) is 1.07. The number of amides is 3. The molecule has 0 unspecified atom stereocenters. The van der Waals surface area contributed by atoms with Crippen molar-refractivity contribution in [2.45, 2.75) is 25.8 Å². The van der Waals surface area contributed by atoms with Gasteiger partial charge >= 0.3 is 6.09 Å². The number of carbonyl (C=O) groups excluding carboxylic acids is 3. The summed E-state index contributed by atoms with van der Waals surface area (Å²) in [6.45, 7) is 4.13. The second-order valence-corrected chi connectivity index (χ2v) is 6.26. The minimum atomic E-state index is -0.304. The van der Waals surface area contributed by atoms with Gasteiger partial charge in [-0.1, -0.05) is 0 Å². The lowest BCUT2D eigenvalue weighted by Gasteiger charge is -2.31. The molecule has 1 aliphatic rings. The Kier molecular flexibility index (Phi) is 8.06. The zero-order valence-electron chi connectivity index (χ0n) is 15.8. The van der Waals surface area contributed by atoms with Crippen LogP contribution in [0.25, 0.3) is 0 Å². The number of ether oxygens (including phenoxy) is 2. The van der Waals surface area contributed by atoms with E-state index in [1.54, 1.807) is 43.2 Å². The largest absolute Gasteiger partial charge is 0.450 e. The zero-order chi connectivity index (χ0) is 19.6. The van der Waals surface area contributed by atoms with E-state index in [0.29, 0.717) is 56.8 Å². The Morgan fingerprint density at radius 1 is 1.07 bits per heavy atom. The maximum Gasteiger partial charge on any atom is 0.409 e. The number of methoxy groups -OCH3 is 1. The first-order valence-corrected chi connectivity index (χ1v) is 9.15. The lowest BCUT2D eigenvalue weighted by molar-refractivity contribution is 0.0857. The van der Waals surface area contributed by atoms with Crippen LogP contribution in [0.3, 0.4) is 0 Å². The van der Waals surface area contributed by atoms with Gasteiger partial charge in [-0.15, -0.1) is 0 Å². The van der Waals surface area contributed by atoms with Gasteiger partial charge in [0.15, 0.2) is 0 Å². The molecule has 1 aromatic carbocycles. The summed E-state index contributed by atoms with van der Waals surface area (Å²) in [5, 5.41) is 5.71. The van der Waals surface area contributed by atoms with Crippen LogP contribution in [0.4, 0.5) is 4.79 Å². The van der Waals surface area contributed by atoms with Crippen LogP contribution in [0.1, 0.15) is 40.5 Å². The van der Waals surface area contributed by atoms with Gasteiger partial charge in [0.1, 0.15) is 0 Å². The number of nitrogens with one attached hydrogen (secondary N) is 2. The molecule has 1 aromatic rings. The maximum absolute atomic E-state index is 12.4. The van der Waals surface area contributed by atoms with E-state index in [1.165, 1.54) is 0 Å². The molecule has 0 atom stereocenters. The molecule has 0 spiro atoms. The van der Waals surface area contributed by atoms with Crippen molar-refractivity contribution in [3.05, 3.63) is 35.4 Å². The number of hydrogen-bond donors (Lipinski definition) is 2. The third-order valence-corrected chi connectivity index (χ3v) is 4.36. The topological polar surface area (TPSA) is 97.0 Å². The highest BCUT2D eigenvalue weighted by atomic mass is 16.6. The van der Waals surface area contributed by atoms with Gasteiger partial charge < -0.3 is 25.0 Å². The Morgan fingerprint density at radius 2 is 1.67 bits per heavy atom. The molecule has 148 valence electrons. The summed E-state index contributed by atoms with van der Waals surface area (Å²) in [5.74, 6) is -0.388. The highest BCUT2D eigenvalue weighted by Gasteiger charge is 2.24. The van der Waals surface area contributed by atoms with E-state index >= 15 is 0 Å². The van der Waals surface area contributed by atoms with Crippen molar-refractivity contribution < 1.29 is 23.9 Å². The van der Waals surface area contributed by atoms with Crippen molar-refractivity contribution >= 4 is 17.9 Å². The van der Waals surface area contributed by atoms with Gasteiger partial charge in [-0.05, 0) is 44.0 Å². The number of likely N-dealkylation sites (tertiary alicyclic amines) is 1. The van der Waals surface area contributed by atoms with Gasteiger partial charge in [-0.25, -0.2) is 4.79 Å². The molecule has 8 heteroatoms. The van der Waals surface area contributed by atoms with E-state index in [-0.39, 0.29) is 23.9 Å². The third kappa shape index (κ3) is 6.25. The van der Waals surface area contributed by atoms with Crippen LogP contribution in [-0.2, 0) is 9.47 Å². The van der Waals surface area contributed by atoms with Crippen LogP contribution in [0.5, 0.6) is 0 Å². The number of hydrogen-bond acceptors (Lipinski definition) is 5. The minimum Gasteiger partial charge on any atom is -0.450 e. The second-order valence-electron chi connectivity index (χ2n) is 6.26. The molecule has 8 nitrogen and oxygen atoms in total. The average molecular weight is 377 g/mol. The van der Waals surface area contributed by atoms with Crippen molar-refractivity contribution in [3.8, 4) is 0 Å². The fraction of sp³-hybridized carbons (Fsp3) is 0.526. The van der Waals surface area contributed by atoms with E-state index in [2.05, 4.69) is 10.6 Å². The lowest BCUT2D eigenvalue weighted by atomic mass is 10.0. The van der Waals surface area contributed by atoms with Gasteiger partial charge in [0.25, 0.3) is 11.8 Å². The van der Waals surface area contributed by atoms with Crippen LogP contribution in [-0.4, -0.2) is 68.8 Å². The summed E-state index contributed by atoms with van der Waals surface area (Å²) >= 11 is 0. The molecule has 2 N–H and O–H groups in total. The predicted molar refractivity (Wildman–Crippen MR) is 99.7 cm³/mol. The smallest absolute Gasteiger partial charge is 0.409 e. The summed E-state index contributed by atoms with van der Waals surface area (Å²) in [6, 6.07) is 6.53. The predicted octanol–water partition coefficient (Wildman–Crippen LogP) is 1.41. The van der Waals surface area contributed by atoms with Crippen LogP contribution in [0.2, 0.25) is 0 Å². The Bertz CT molecular complexity index is 639. The van der Waals surface area contributed by atoms with Crippen LogP contribution < -0.4 is 10.6 Å². The number of rotatable bonds is 7. The van der Waals surface area contributed by atoms with Crippen molar-refractivity contribution in [1.82, 2.24) is 15.5 Å². The first-order valence-electron chi connectivity index (χ1n) is 9.15. The van der Waals surface area contributed by atoms with Crippen LogP contribution in [0.15, 0.2) is 24.3 Å². The lowest BCUT2D eigenvalue weighted by Crippen LogP contribution is -2.46. The van der Waals surface area contributed by atoms with Gasteiger partial charge in [-0.2, -0.15) is 0 Å². The van der Waals surface area contributed by atoms with Crippen LogP contribution >= 0.6 is 0 Å². The molecule has 27 heavy (non-hydrogen) atoms. The number of piperidine rings is 1. The summed E-state index contributed by atoms with van der Waals surface area (Å²) in [7, 11) is 1.57. The normalized spacial score (nSPS) is 14.5. The molecule has 0 aliphatic carbocycles. The minimum absolute atomic E-state index is 0.0141. The highest BCUT2D eigenvalue weighted by Crippen LogP contribution is 2.13. The highest BCUT2D eigenvalue weighted by molar-refractivity contribution is 5.97. The monoisotopic (exact) mass is 377 g/mol. The molecule has 2 rings (SSSR count). The van der Waals surface area contributed by atoms with Crippen molar-refractivity contribution in [2.24, 2.45) is 0 Å². The van der Waals surface area contributed by atoms with E-state index in [1.807, 2.05) is 0 Å². The molecule has 0 bridgehead atoms. The van der Waals surface area contributed by atoms with Crippen molar-refractivity contribution in [2.75, 3.05) is 40.0 Å². The fourth-order valence-corrected chi connectivity index (χ4v) is 2.83. The van der Waals surface area contributed by atoms with Gasteiger partial charge in [-0.3, -0.25) is 9.59 Å². The number of carbonyl (C=O) groups is 3. The first-order chi connectivity index (χ1) is 13.0. The van der Waals surface area contributed by atoms with Gasteiger partial charge in [0.05, 0.1) is 13.2 Å². The van der Waals surface area contributed by atoms with Crippen molar-refractivity contribution in [1.29, 1.82) is 0 Å². The SMILES string of the molecule is CCOC(=O)N1CCC(NC(=O)c2ccc(C(=O)NCCOC)cc2)CC1. The Labute approximate surface area is 159 Å². The average Bonchev–Trinajstić information content (AvgIpc) is 2.69. The first kappa shape index (κ1) is 20.7. The maximum atomic E-state index is 12.4. The molecule has 1 saturated heterocycles. The standard InChI is InChI=1S/C19H27N3O5/c1-3-27-19(25)22-11-8-16(9-12-22)21-18(24)15-6-4-14(5-7-15)17(23)20-10-13-26-2/h4-7,16H,3,8-13H2,1-2H3,(H,20,23)(H,21,24). The second kappa shape index (κ2) is 10.5. The van der Waals surface area contributed by atoms with E-state index in [9.17, 15) is 14.4 Å². The third-order valence-electron chi connectivity index (χ3n) is 4.36. The fourth-order valence-electron chi connectivity index (χ4n) is 2.83. The molecule has 1 aliphatic heterocycles. The number of nitrogens with zero attached hydrogens (tertiary/aromatic N) is 1. The van der Waals surface area contributed by atoms with Crippen molar-refractivity contribution in [3.63, 3.8) is 0 Å². The van der Waals surface area contributed by atoms with E-state index in [0.717, 1.165) is 0 Å². The van der Waals surface area contributed by atoms with Crippen LogP contribution in [0, 0.1) is 0 Å². The molecular weight excluding hydrogens is 350 g/mol. The Hall–Kier alpha value is -2.61.